The number of anilines is 1. The van der Waals surface area contributed by atoms with Crippen molar-refractivity contribution in [3.05, 3.63) is 41.3 Å². The van der Waals surface area contributed by atoms with Crippen LogP contribution in [0.5, 0.6) is 0 Å². The molecule has 0 fully saturated rings. The second kappa shape index (κ2) is 6.09. The van der Waals surface area contributed by atoms with Crippen LogP contribution in [0.1, 0.15) is 0 Å². The van der Waals surface area contributed by atoms with Gasteiger partial charge >= 0.3 is 0 Å². The minimum absolute atomic E-state index is 0. The van der Waals surface area contributed by atoms with Gasteiger partial charge in [-0.1, -0.05) is 17.8 Å². The molecule has 0 amide bonds. The first kappa shape index (κ1) is 13.5. The molecule has 14 heavy (non-hydrogen) atoms. The van der Waals surface area contributed by atoms with Gasteiger partial charge in [0.15, 0.2) is 5.69 Å². The molecular formula is C9H10N2O2Y-2. The van der Waals surface area contributed by atoms with E-state index in [1.807, 2.05) is 7.05 Å². The van der Waals surface area contributed by atoms with E-state index in [9.17, 15) is 10.1 Å². The maximum absolute atomic E-state index is 10.4. The van der Waals surface area contributed by atoms with Crippen molar-refractivity contribution in [3.8, 4) is 0 Å². The van der Waals surface area contributed by atoms with Crippen LogP contribution in [0.25, 0.3) is 0 Å². The molecular weight excluding hydrogens is 257 g/mol. The third kappa shape index (κ3) is 3.35. The minimum Gasteiger partial charge on any atom is -0.426 e. The van der Waals surface area contributed by atoms with Gasteiger partial charge in [-0.25, -0.2) is 0 Å². The van der Waals surface area contributed by atoms with Crippen LogP contribution in [0.2, 0.25) is 0 Å². The molecule has 0 spiro atoms. The Morgan fingerprint density at radius 1 is 1.71 bits per heavy atom. The fraction of sp³-hybridized carbons (Fsp3) is 0.222. The molecule has 4 nitrogen and oxygen atoms in total. The van der Waals surface area contributed by atoms with Gasteiger partial charge in [-0.15, -0.1) is 6.54 Å². The molecule has 0 aliphatic rings. The summed E-state index contributed by atoms with van der Waals surface area (Å²) in [4.78, 5) is 11.8. The van der Waals surface area contributed by atoms with Crippen LogP contribution in [0, 0.1) is 23.1 Å². The van der Waals surface area contributed by atoms with Crippen molar-refractivity contribution in [2.24, 2.45) is 0 Å². The molecule has 1 radical (unpaired) electrons. The van der Waals surface area contributed by atoms with E-state index >= 15 is 0 Å². The Kier molecular flexibility index (Phi) is 5.88. The van der Waals surface area contributed by atoms with E-state index in [4.69, 9.17) is 0 Å². The fourth-order valence-corrected chi connectivity index (χ4v) is 0.897. The molecule has 1 aromatic rings. The zero-order valence-electron chi connectivity index (χ0n) is 7.93. The Labute approximate surface area is 108 Å². The Balaban J connectivity index is 0.00000169. The molecule has 1 rings (SSSR count). The van der Waals surface area contributed by atoms with E-state index < -0.39 is 4.92 Å². The normalized spacial score (nSPS) is 9.00. The minimum atomic E-state index is -0.422. The number of non-ortho nitro benzene ring substituents is 1. The summed E-state index contributed by atoms with van der Waals surface area (Å²) in [7, 11) is 1.81. The van der Waals surface area contributed by atoms with Gasteiger partial charge in [0.1, 0.15) is 0 Å². The van der Waals surface area contributed by atoms with Gasteiger partial charge in [0.2, 0.25) is 0 Å². The van der Waals surface area contributed by atoms with E-state index in [-0.39, 0.29) is 38.4 Å². The molecule has 0 N–H and O–H groups in total. The first-order chi connectivity index (χ1) is 6.15. The fourth-order valence-electron chi connectivity index (χ4n) is 0.897. The summed E-state index contributed by atoms with van der Waals surface area (Å²) in [5.41, 5.74) is 0.762. The largest absolute Gasteiger partial charge is 0.426 e. The smallest absolute Gasteiger partial charge is 0.168 e. The van der Waals surface area contributed by atoms with Gasteiger partial charge in [-0.2, -0.15) is 12.1 Å². The number of nitrogens with zero attached hydrogens (tertiary/aromatic N) is 2. The predicted molar refractivity (Wildman–Crippen MR) is 50.6 cm³/mol. The molecule has 0 saturated carbocycles. The summed E-state index contributed by atoms with van der Waals surface area (Å²) in [6, 6.07) is 7.33. The Morgan fingerprint density at radius 2 is 2.36 bits per heavy atom. The molecule has 0 bridgehead atoms. The third-order valence-electron chi connectivity index (χ3n) is 1.73. The van der Waals surface area contributed by atoms with E-state index in [0.29, 0.717) is 12.2 Å². The summed E-state index contributed by atoms with van der Waals surface area (Å²) in [6.45, 7) is 4.23. The zero-order valence-corrected chi connectivity index (χ0v) is 10.8. The van der Waals surface area contributed by atoms with Crippen molar-refractivity contribution in [2.75, 3.05) is 18.5 Å². The van der Waals surface area contributed by atoms with Crippen LogP contribution in [-0.2, 0) is 32.7 Å². The van der Waals surface area contributed by atoms with Crippen LogP contribution < -0.4 is 4.90 Å². The molecule has 0 unspecified atom stereocenters. The monoisotopic (exact) mass is 267 g/mol. The molecule has 73 valence electrons. The van der Waals surface area contributed by atoms with Crippen molar-refractivity contribution < 1.29 is 37.6 Å². The van der Waals surface area contributed by atoms with Crippen LogP contribution in [0.4, 0.5) is 11.4 Å². The summed E-state index contributed by atoms with van der Waals surface area (Å²) in [6.07, 6.45) is 0. The average molecular weight is 267 g/mol. The van der Waals surface area contributed by atoms with Gasteiger partial charge in [0.05, 0.1) is 0 Å². The number of hydrogen-bond donors (Lipinski definition) is 0. The van der Waals surface area contributed by atoms with Gasteiger partial charge in [0.25, 0.3) is 0 Å². The number of hydrogen-bond acceptors (Lipinski definition) is 3. The van der Waals surface area contributed by atoms with Crippen molar-refractivity contribution >= 4 is 11.4 Å². The molecule has 0 heterocycles. The molecule has 0 saturated heterocycles. The predicted octanol–water partition coefficient (Wildman–Crippen LogP) is 1.66. The maximum atomic E-state index is 10.4. The van der Waals surface area contributed by atoms with Crippen molar-refractivity contribution in [3.63, 3.8) is 0 Å². The van der Waals surface area contributed by atoms with Crippen molar-refractivity contribution in [1.29, 1.82) is 0 Å². The number of benzene rings is 1. The first-order valence-corrected chi connectivity index (χ1v) is 3.81. The quantitative estimate of drug-likeness (QED) is 0.475. The zero-order chi connectivity index (χ0) is 9.84. The van der Waals surface area contributed by atoms with E-state index in [0.717, 1.165) is 0 Å². The molecule has 1 aromatic carbocycles. The SMILES string of the molecule is [CH2-]CN(C)c1[c-]ccc([N+](=O)[O-])c1.[Y]. The average Bonchev–Trinajstić information content (AvgIpc) is 2.17. The number of nitro groups is 1. The summed E-state index contributed by atoms with van der Waals surface area (Å²) >= 11 is 0. The number of nitro benzene ring substituents is 1. The van der Waals surface area contributed by atoms with Crippen LogP contribution >= 0.6 is 0 Å². The Hall–Kier alpha value is -0.476. The summed E-state index contributed by atoms with van der Waals surface area (Å²) in [5, 5.41) is 10.4. The Morgan fingerprint density at radius 3 is 2.86 bits per heavy atom. The Bertz CT molecular complexity index is 317. The summed E-state index contributed by atoms with van der Waals surface area (Å²) < 4.78 is 0. The number of rotatable bonds is 3. The molecule has 0 aliphatic heterocycles. The van der Waals surface area contributed by atoms with E-state index in [2.05, 4.69) is 13.0 Å². The second-order valence-electron chi connectivity index (χ2n) is 2.61. The van der Waals surface area contributed by atoms with Gasteiger partial charge < -0.3 is 11.8 Å². The van der Waals surface area contributed by atoms with Crippen LogP contribution in [0.15, 0.2) is 18.2 Å². The third-order valence-corrected chi connectivity index (χ3v) is 1.73. The first-order valence-electron chi connectivity index (χ1n) is 3.81. The summed E-state index contributed by atoms with van der Waals surface area (Å²) in [5.74, 6) is 0. The molecule has 0 atom stereocenters. The van der Waals surface area contributed by atoms with Gasteiger partial charge in [-0.3, -0.25) is 10.1 Å². The van der Waals surface area contributed by atoms with Crippen LogP contribution in [-0.4, -0.2) is 18.5 Å². The molecule has 5 heteroatoms. The van der Waals surface area contributed by atoms with Crippen molar-refractivity contribution in [2.45, 2.75) is 0 Å². The molecule has 0 aromatic heterocycles. The standard InChI is InChI=1S/C9H10N2O2.Y/c1-3-10(2)8-5-4-6-9(7-8)11(12)13;/h4,6-7H,1,3H2,2H3;/q-2;. The van der Waals surface area contributed by atoms with Crippen molar-refractivity contribution in [1.82, 2.24) is 0 Å². The van der Waals surface area contributed by atoms with E-state index in [1.165, 1.54) is 12.1 Å². The van der Waals surface area contributed by atoms with Gasteiger partial charge in [-0.05, 0) is 0 Å². The molecule has 0 aliphatic carbocycles. The topological polar surface area (TPSA) is 46.4 Å². The van der Waals surface area contributed by atoms with Gasteiger partial charge in [0, 0.05) is 44.7 Å². The maximum Gasteiger partial charge on any atom is 0.168 e. The second-order valence-corrected chi connectivity index (χ2v) is 2.61. The van der Waals surface area contributed by atoms with Crippen LogP contribution in [0.3, 0.4) is 0 Å². The van der Waals surface area contributed by atoms with E-state index in [1.54, 1.807) is 11.0 Å².